The van der Waals surface area contributed by atoms with E-state index in [1.807, 2.05) is 0 Å². The number of hydrogen-bond donors (Lipinski definition) is 4. The van der Waals surface area contributed by atoms with Gasteiger partial charge in [-0.15, -0.1) is 0 Å². The van der Waals surface area contributed by atoms with Crippen molar-refractivity contribution in [2.45, 2.75) is 270 Å². The van der Waals surface area contributed by atoms with Crippen molar-refractivity contribution in [3.63, 3.8) is 0 Å². The molecule has 5 atom stereocenters. The highest BCUT2D eigenvalue weighted by molar-refractivity contribution is 7.47. The number of aliphatic hydroxyl groups excluding tert-OH is 2. The molecule has 18 heteroatoms. The first-order valence-electron chi connectivity index (χ1n) is 33.8. The van der Waals surface area contributed by atoms with E-state index in [1.165, 1.54) is 25.7 Å². The maximum Gasteiger partial charge on any atom is 0.472 e. The van der Waals surface area contributed by atoms with Gasteiger partial charge in [0.1, 0.15) is 25.4 Å². The summed E-state index contributed by atoms with van der Waals surface area (Å²) in [5.74, 6) is -1.63. The van der Waals surface area contributed by atoms with Gasteiger partial charge < -0.3 is 34.2 Å². The van der Waals surface area contributed by atoms with Crippen molar-refractivity contribution in [3.8, 4) is 0 Å². The lowest BCUT2D eigenvalue weighted by Crippen LogP contribution is -2.30. The molecule has 0 saturated heterocycles. The molecule has 0 bridgehead atoms. The molecule has 510 valence electrons. The van der Waals surface area contributed by atoms with Crippen LogP contribution in [0.1, 0.15) is 252 Å². The molecule has 0 aliphatic carbocycles. The Morgan fingerprint density at radius 3 is 0.944 bits per heavy atom. The van der Waals surface area contributed by atoms with E-state index in [0.29, 0.717) is 19.3 Å². The monoisotopic (exact) mass is 1290 g/mol. The lowest BCUT2D eigenvalue weighted by Gasteiger charge is -2.21. The van der Waals surface area contributed by atoms with E-state index < -0.39 is 91.5 Å². The molecule has 4 N–H and O–H groups in total. The minimum absolute atomic E-state index is 0.0778. The van der Waals surface area contributed by atoms with Crippen LogP contribution in [0.5, 0.6) is 0 Å². The van der Waals surface area contributed by atoms with Gasteiger partial charge in [-0.1, -0.05) is 226 Å². The highest BCUT2D eigenvalue weighted by Gasteiger charge is 2.29. The number of rotatable bonds is 63. The van der Waals surface area contributed by atoms with Gasteiger partial charge >= 0.3 is 33.6 Å². The molecule has 0 aromatic carbocycles. The average molecular weight is 1290 g/mol. The largest absolute Gasteiger partial charge is 0.472 e. The van der Waals surface area contributed by atoms with Crippen LogP contribution in [-0.2, 0) is 55.8 Å². The Morgan fingerprint density at radius 1 is 0.326 bits per heavy atom. The molecule has 0 aliphatic heterocycles. The van der Waals surface area contributed by atoms with Gasteiger partial charge in [0.05, 0.1) is 26.4 Å². The second-order valence-corrected chi connectivity index (χ2v) is 25.1. The molecular formula is C71H120O16P2. The number of ether oxygens (including phenoxy) is 3. The van der Waals surface area contributed by atoms with Crippen LogP contribution in [0.15, 0.2) is 122 Å². The zero-order chi connectivity index (χ0) is 65.3. The van der Waals surface area contributed by atoms with Gasteiger partial charge in [0.25, 0.3) is 0 Å². The molecule has 0 radical (unpaired) electrons. The zero-order valence-corrected chi connectivity index (χ0v) is 56.8. The minimum Gasteiger partial charge on any atom is -0.463 e. The second kappa shape index (κ2) is 64.1. The summed E-state index contributed by atoms with van der Waals surface area (Å²) in [7, 11) is -9.79. The quantitative estimate of drug-likeness (QED) is 0.0146. The number of aliphatic hydroxyl groups is 2. The zero-order valence-electron chi connectivity index (χ0n) is 55.1. The Morgan fingerprint density at radius 2 is 0.596 bits per heavy atom. The van der Waals surface area contributed by atoms with Gasteiger partial charge in [-0.25, -0.2) is 9.13 Å². The van der Waals surface area contributed by atoms with Crippen LogP contribution in [0.25, 0.3) is 0 Å². The number of carbonyl (C=O) groups is 3. The fourth-order valence-corrected chi connectivity index (χ4v) is 10.1. The van der Waals surface area contributed by atoms with Crippen molar-refractivity contribution in [1.82, 2.24) is 0 Å². The molecule has 0 amide bonds. The summed E-state index contributed by atoms with van der Waals surface area (Å²) in [5.41, 5.74) is 0. The SMILES string of the molecule is CC/C=C\C/C=C\C/C=C\CCCCCCCC(=O)OCC(COP(=O)(O)OCC(O)COP(=O)(O)OCC(O)COC(=O)CCCCCCCCC/C=C\C/C=C\C/C=C\C/C=C\CCCCC)OC(=O)CCCCCCC/C=C\C/C=C\C/C=C\CC. The average Bonchev–Trinajstić information content (AvgIpc) is 3.72. The van der Waals surface area contributed by atoms with Crippen molar-refractivity contribution in [3.05, 3.63) is 122 Å². The molecule has 0 aromatic rings. The van der Waals surface area contributed by atoms with Crippen molar-refractivity contribution in [2.24, 2.45) is 0 Å². The number of esters is 3. The maximum absolute atomic E-state index is 12.9. The molecule has 5 unspecified atom stereocenters. The van der Waals surface area contributed by atoms with Gasteiger partial charge in [0, 0.05) is 19.3 Å². The number of phosphoric ester groups is 2. The first-order chi connectivity index (χ1) is 43.2. The van der Waals surface area contributed by atoms with Crippen LogP contribution in [0.2, 0.25) is 0 Å². The van der Waals surface area contributed by atoms with E-state index in [4.69, 9.17) is 32.3 Å². The predicted octanol–water partition coefficient (Wildman–Crippen LogP) is 18.6. The first-order valence-corrected chi connectivity index (χ1v) is 36.8. The first kappa shape index (κ1) is 85.0. The molecular weight excluding hydrogens is 1170 g/mol. The van der Waals surface area contributed by atoms with E-state index in [2.05, 4.69) is 142 Å². The second-order valence-electron chi connectivity index (χ2n) is 22.2. The number of phosphoric acid groups is 2. The third kappa shape index (κ3) is 65.3. The number of carbonyl (C=O) groups excluding carboxylic acids is 3. The molecule has 0 fully saturated rings. The van der Waals surface area contributed by atoms with Gasteiger partial charge in [-0.2, -0.15) is 0 Å². The smallest absolute Gasteiger partial charge is 0.463 e. The predicted molar refractivity (Wildman–Crippen MR) is 362 cm³/mol. The summed E-state index contributed by atoms with van der Waals surface area (Å²) in [5, 5.41) is 20.5. The van der Waals surface area contributed by atoms with Gasteiger partial charge in [-0.05, 0) is 128 Å². The number of unbranched alkanes of at least 4 members (excludes halogenated alkanes) is 20. The Labute approximate surface area is 538 Å². The fourth-order valence-electron chi connectivity index (χ4n) is 8.52. The minimum atomic E-state index is -4.93. The Bertz CT molecular complexity index is 2110. The summed E-state index contributed by atoms with van der Waals surface area (Å²) in [6.07, 6.45) is 72.5. The molecule has 89 heavy (non-hydrogen) atoms. The third-order valence-corrected chi connectivity index (χ3v) is 15.6. The summed E-state index contributed by atoms with van der Waals surface area (Å²) in [6, 6.07) is 0. The van der Waals surface area contributed by atoms with Crippen LogP contribution in [0, 0.1) is 0 Å². The van der Waals surface area contributed by atoms with Crippen LogP contribution < -0.4 is 0 Å². The number of hydrogen-bond acceptors (Lipinski definition) is 14. The molecule has 0 aromatic heterocycles. The topological polar surface area (TPSA) is 231 Å². The van der Waals surface area contributed by atoms with Crippen molar-refractivity contribution in [1.29, 1.82) is 0 Å². The molecule has 0 saturated carbocycles. The maximum atomic E-state index is 12.9. The standard InChI is InChI=1S/C71H120O16P2/c1-4-7-10-13-16-19-22-25-28-29-30-31-32-33-34-35-38-40-42-45-48-51-54-57-69(74)81-60-66(72)61-83-88(77,78)84-62-67(73)63-85-89(79,80)86-65-68(87-71(76)59-56-53-50-47-44-41-37-27-24-21-18-15-12-9-6-3)64-82-70(75)58-55-52-49-46-43-39-36-26-23-20-17-14-11-8-5-2/h8-9,11-12,16-21,25-28,30-31,33-34,36-37,66-68,72-73H,4-7,10,13-15,22-24,29,32,35,38-65H2,1-3H3,(H,77,78)(H,79,80)/b11-8-,12-9-,19-16-,20-17-,21-18-,28-25-,31-30-,34-33-,36-26-,37-27-. The normalized spacial score (nSPS) is 15.0. The van der Waals surface area contributed by atoms with E-state index in [1.54, 1.807) is 0 Å². The Kier molecular flexibility index (Phi) is 61.2. The number of allylic oxidation sites excluding steroid dienone is 20. The fraction of sp³-hybridized carbons (Fsp3) is 0.676. The van der Waals surface area contributed by atoms with Crippen LogP contribution in [0.3, 0.4) is 0 Å². The van der Waals surface area contributed by atoms with E-state index in [-0.39, 0.29) is 19.3 Å². The molecule has 16 nitrogen and oxygen atoms in total. The molecule has 0 spiro atoms. The van der Waals surface area contributed by atoms with Crippen LogP contribution in [-0.4, -0.2) is 95.9 Å². The Balaban J connectivity index is 4.64. The summed E-state index contributed by atoms with van der Waals surface area (Å²) in [6.45, 7) is 2.34. The van der Waals surface area contributed by atoms with E-state index >= 15 is 0 Å². The van der Waals surface area contributed by atoms with Crippen molar-refractivity contribution in [2.75, 3.05) is 39.6 Å². The highest BCUT2D eigenvalue weighted by atomic mass is 31.2. The molecule has 0 aliphatic rings. The van der Waals surface area contributed by atoms with Gasteiger partial charge in [0.2, 0.25) is 0 Å². The highest BCUT2D eigenvalue weighted by Crippen LogP contribution is 2.45. The van der Waals surface area contributed by atoms with Gasteiger partial charge in [0.15, 0.2) is 6.10 Å². The van der Waals surface area contributed by atoms with E-state index in [0.717, 1.165) is 167 Å². The lowest BCUT2D eigenvalue weighted by molar-refractivity contribution is -0.161. The lowest BCUT2D eigenvalue weighted by atomic mass is 10.1. The van der Waals surface area contributed by atoms with Crippen molar-refractivity contribution >= 4 is 33.6 Å². The summed E-state index contributed by atoms with van der Waals surface area (Å²) in [4.78, 5) is 58.3. The van der Waals surface area contributed by atoms with Crippen LogP contribution >= 0.6 is 15.6 Å². The summed E-state index contributed by atoms with van der Waals surface area (Å²) < 4.78 is 60.8. The third-order valence-electron chi connectivity index (χ3n) is 13.7. The van der Waals surface area contributed by atoms with Gasteiger partial charge in [-0.3, -0.25) is 32.5 Å². The molecule has 0 heterocycles. The van der Waals surface area contributed by atoms with E-state index in [9.17, 15) is 43.5 Å². The summed E-state index contributed by atoms with van der Waals surface area (Å²) >= 11 is 0. The Hall–Kier alpha value is -4.05. The molecule has 0 rings (SSSR count). The van der Waals surface area contributed by atoms with Crippen molar-refractivity contribution < 1.29 is 75.8 Å². The van der Waals surface area contributed by atoms with Crippen LogP contribution in [0.4, 0.5) is 0 Å².